The molecule has 27 heavy (non-hydrogen) atoms. The maximum absolute atomic E-state index is 14.3. The highest BCUT2D eigenvalue weighted by molar-refractivity contribution is 5.55. The van der Waals surface area contributed by atoms with Gasteiger partial charge in [-0.3, -0.25) is 0 Å². The van der Waals surface area contributed by atoms with Crippen molar-refractivity contribution in [2.75, 3.05) is 19.8 Å². The van der Waals surface area contributed by atoms with Crippen molar-refractivity contribution in [3.05, 3.63) is 54.2 Å². The molecule has 6 nitrogen and oxygen atoms in total. The maximum atomic E-state index is 14.3. The van der Waals surface area contributed by atoms with Crippen LogP contribution < -0.4 is 15.8 Å². The van der Waals surface area contributed by atoms with E-state index in [0.29, 0.717) is 17.9 Å². The maximum Gasteiger partial charge on any atom is 0.238 e. The predicted molar refractivity (Wildman–Crippen MR) is 102 cm³/mol. The molecule has 0 aliphatic carbocycles. The first-order valence-electron chi connectivity index (χ1n) is 9.13. The highest BCUT2D eigenvalue weighted by Crippen LogP contribution is 2.24. The van der Waals surface area contributed by atoms with Gasteiger partial charge in [-0.25, -0.2) is 14.4 Å². The van der Waals surface area contributed by atoms with Gasteiger partial charge >= 0.3 is 0 Å². The Hall–Kier alpha value is -2.51. The zero-order valence-corrected chi connectivity index (χ0v) is 15.3. The number of rotatable bonds is 8. The number of benzene rings is 1. The van der Waals surface area contributed by atoms with Gasteiger partial charge in [0.1, 0.15) is 5.69 Å². The lowest BCUT2D eigenvalue weighted by Crippen LogP contribution is -2.22. The van der Waals surface area contributed by atoms with Gasteiger partial charge in [0.05, 0.1) is 18.1 Å². The van der Waals surface area contributed by atoms with Gasteiger partial charge in [0.15, 0.2) is 11.6 Å². The summed E-state index contributed by atoms with van der Waals surface area (Å²) < 4.78 is 25.1. The summed E-state index contributed by atoms with van der Waals surface area (Å²) in [6.45, 7) is 6.85. The van der Waals surface area contributed by atoms with Gasteiger partial charge in [0.25, 0.3) is 0 Å². The molecule has 2 heterocycles. The molecule has 1 aliphatic heterocycles. The lowest BCUT2D eigenvalue weighted by atomic mass is 9.97. The van der Waals surface area contributed by atoms with Crippen molar-refractivity contribution in [3.63, 3.8) is 0 Å². The van der Waals surface area contributed by atoms with Crippen LogP contribution in [-0.2, 0) is 11.3 Å². The highest BCUT2D eigenvalue weighted by atomic mass is 19.1. The standard InChI is InChI=1S/C20H25FN4O2/c1-14(22)18-12-25-20(13-24-18)27-19-3-2-16(10-17(19)21)11-23-7-4-15-5-8-26-9-6-15/h2-3,10,12-13,15,23H,1,4-9,11,22H2. The van der Waals surface area contributed by atoms with E-state index in [2.05, 4.69) is 21.9 Å². The lowest BCUT2D eigenvalue weighted by molar-refractivity contribution is 0.0639. The molecule has 1 saturated heterocycles. The number of nitrogens with two attached hydrogens (primary N) is 1. The number of ether oxygens (including phenoxy) is 2. The van der Waals surface area contributed by atoms with Gasteiger partial charge < -0.3 is 20.5 Å². The van der Waals surface area contributed by atoms with Crippen molar-refractivity contribution >= 4 is 5.70 Å². The zero-order valence-electron chi connectivity index (χ0n) is 15.3. The molecule has 1 aromatic heterocycles. The third-order valence-electron chi connectivity index (χ3n) is 4.57. The lowest BCUT2D eigenvalue weighted by Gasteiger charge is -2.21. The Morgan fingerprint density at radius 3 is 2.78 bits per heavy atom. The number of nitrogens with one attached hydrogen (secondary N) is 1. The Morgan fingerprint density at radius 2 is 2.11 bits per heavy atom. The third-order valence-corrected chi connectivity index (χ3v) is 4.57. The van der Waals surface area contributed by atoms with Crippen LogP contribution in [0.15, 0.2) is 37.2 Å². The van der Waals surface area contributed by atoms with Crippen LogP contribution in [0.3, 0.4) is 0 Å². The molecule has 1 aliphatic rings. The predicted octanol–water partition coefficient (Wildman–Crippen LogP) is 3.24. The van der Waals surface area contributed by atoms with Crippen molar-refractivity contribution in [1.29, 1.82) is 0 Å². The van der Waals surface area contributed by atoms with Crippen LogP contribution in [0, 0.1) is 11.7 Å². The second-order valence-corrected chi connectivity index (χ2v) is 6.65. The van der Waals surface area contributed by atoms with Gasteiger partial charge in [-0.2, -0.15) is 0 Å². The second kappa shape index (κ2) is 9.43. The van der Waals surface area contributed by atoms with E-state index >= 15 is 0 Å². The molecule has 0 saturated carbocycles. The smallest absolute Gasteiger partial charge is 0.238 e. The quantitative estimate of drug-likeness (QED) is 0.692. The van der Waals surface area contributed by atoms with Crippen LogP contribution in [0.1, 0.15) is 30.5 Å². The number of halogens is 1. The molecule has 2 aromatic rings. The molecule has 0 spiro atoms. The van der Waals surface area contributed by atoms with Crippen LogP contribution in [0.2, 0.25) is 0 Å². The second-order valence-electron chi connectivity index (χ2n) is 6.65. The number of nitrogens with zero attached hydrogens (tertiary/aromatic N) is 2. The molecule has 3 N–H and O–H groups in total. The molecule has 3 rings (SSSR count). The summed E-state index contributed by atoms with van der Waals surface area (Å²) in [6, 6.07) is 4.91. The summed E-state index contributed by atoms with van der Waals surface area (Å²) in [6.07, 6.45) is 6.21. The summed E-state index contributed by atoms with van der Waals surface area (Å²) in [5.74, 6) is 0.589. The van der Waals surface area contributed by atoms with Gasteiger partial charge in [-0.1, -0.05) is 12.6 Å². The first kappa shape index (κ1) is 19.3. The van der Waals surface area contributed by atoms with E-state index in [1.165, 1.54) is 18.5 Å². The monoisotopic (exact) mass is 372 g/mol. The van der Waals surface area contributed by atoms with Crippen molar-refractivity contribution in [3.8, 4) is 11.6 Å². The summed E-state index contributed by atoms with van der Waals surface area (Å²) in [5.41, 5.74) is 7.19. The molecule has 0 unspecified atom stereocenters. The molecule has 1 aromatic carbocycles. The molecule has 0 radical (unpaired) electrons. The fraction of sp³-hybridized carbons (Fsp3) is 0.400. The van der Waals surface area contributed by atoms with E-state index in [4.69, 9.17) is 15.2 Å². The summed E-state index contributed by atoms with van der Waals surface area (Å²) in [5, 5.41) is 3.37. The Balaban J connectivity index is 1.48. The summed E-state index contributed by atoms with van der Waals surface area (Å²) in [7, 11) is 0. The minimum atomic E-state index is -0.437. The van der Waals surface area contributed by atoms with Crippen LogP contribution >= 0.6 is 0 Å². The number of aromatic nitrogens is 2. The van der Waals surface area contributed by atoms with Crippen LogP contribution in [-0.4, -0.2) is 29.7 Å². The van der Waals surface area contributed by atoms with Crippen molar-refractivity contribution in [2.45, 2.75) is 25.8 Å². The van der Waals surface area contributed by atoms with E-state index in [1.807, 2.05) is 6.07 Å². The molecule has 0 bridgehead atoms. The van der Waals surface area contributed by atoms with Crippen molar-refractivity contribution < 1.29 is 13.9 Å². The zero-order chi connectivity index (χ0) is 19.1. The third kappa shape index (κ3) is 5.74. The largest absolute Gasteiger partial charge is 0.434 e. The fourth-order valence-electron chi connectivity index (χ4n) is 2.96. The van der Waals surface area contributed by atoms with Gasteiger partial charge in [0.2, 0.25) is 5.88 Å². The molecular formula is C20H25FN4O2. The van der Waals surface area contributed by atoms with Gasteiger partial charge in [0, 0.05) is 19.8 Å². The van der Waals surface area contributed by atoms with Crippen molar-refractivity contribution in [2.24, 2.45) is 11.7 Å². The molecular weight excluding hydrogens is 347 g/mol. The minimum absolute atomic E-state index is 0.106. The van der Waals surface area contributed by atoms with Crippen LogP contribution in [0.4, 0.5) is 4.39 Å². The first-order valence-corrected chi connectivity index (χ1v) is 9.13. The van der Waals surface area contributed by atoms with E-state index in [-0.39, 0.29) is 11.6 Å². The van der Waals surface area contributed by atoms with Crippen LogP contribution in [0.25, 0.3) is 5.70 Å². The highest BCUT2D eigenvalue weighted by Gasteiger charge is 2.13. The van der Waals surface area contributed by atoms with E-state index in [9.17, 15) is 4.39 Å². The molecule has 7 heteroatoms. The van der Waals surface area contributed by atoms with E-state index in [0.717, 1.165) is 50.5 Å². The Kier molecular flexibility index (Phi) is 6.73. The van der Waals surface area contributed by atoms with Gasteiger partial charge in [-0.05, 0) is 49.4 Å². The average molecular weight is 372 g/mol. The summed E-state index contributed by atoms with van der Waals surface area (Å²) in [4.78, 5) is 8.11. The molecule has 0 amide bonds. The topological polar surface area (TPSA) is 82.3 Å². The fourth-order valence-corrected chi connectivity index (χ4v) is 2.96. The minimum Gasteiger partial charge on any atom is -0.434 e. The van der Waals surface area contributed by atoms with E-state index < -0.39 is 5.82 Å². The van der Waals surface area contributed by atoms with E-state index in [1.54, 1.807) is 6.07 Å². The normalized spacial score (nSPS) is 14.9. The average Bonchev–Trinajstić information content (AvgIpc) is 2.68. The Morgan fingerprint density at radius 1 is 1.30 bits per heavy atom. The van der Waals surface area contributed by atoms with Crippen LogP contribution in [0.5, 0.6) is 11.6 Å². The van der Waals surface area contributed by atoms with Gasteiger partial charge in [-0.15, -0.1) is 0 Å². The Bertz CT molecular complexity index is 761. The number of hydrogen-bond acceptors (Lipinski definition) is 6. The Labute approximate surface area is 158 Å². The summed E-state index contributed by atoms with van der Waals surface area (Å²) >= 11 is 0. The molecule has 0 atom stereocenters. The first-order chi connectivity index (χ1) is 13.1. The van der Waals surface area contributed by atoms with Crippen molar-refractivity contribution in [1.82, 2.24) is 15.3 Å². The SMILES string of the molecule is C=C(N)c1cnc(Oc2ccc(CNCCC3CCOCC3)cc2F)cn1. The number of hydrogen-bond donors (Lipinski definition) is 2. The molecule has 144 valence electrons. The molecule has 1 fully saturated rings.